The Morgan fingerprint density at radius 1 is 0.976 bits per heavy atom. The fraction of sp³-hybridized carbons (Fsp3) is 0.500. The van der Waals surface area contributed by atoms with Gasteiger partial charge in [-0.1, -0.05) is 85.7 Å². The average molecular weight is 593 g/mol. The molecule has 8 heteroatoms. The average Bonchev–Trinajstić information content (AvgIpc) is 3.47. The molecule has 1 fully saturated rings. The van der Waals surface area contributed by atoms with Gasteiger partial charge in [0.25, 0.3) is 0 Å². The van der Waals surface area contributed by atoms with Gasteiger partial charge in [0.1, 0.15) is 6.61 Å². The summed E-state index contributed by atoms with van der Waals surface area (Å²) in [6.07, 6.45) is 9.79. The second-order valence-electron chi connectivity index (χ2n) is 11.6. The molecule has 2 aliphatic rings. The summed E-state index contributed by atoms with van der Waals surface area (Å²) in [5, 5.41) is 16.1. The van der Waals surface area contributed by atoms with Crippen molar-refractivity contribution in [3.8, 4) is 0 Å². The van der Waals surface area contributed by atoms with Crippen LogP contribution in [0.1, 0.15) is 62.5 Å². The second kappa shape index (κ2) is 16.5. The fourth-order valence-electron chi connectivity index (χ4n) is 5.75. The molecule has 2 aromatic carbocycles. The molecule has 0 bridgehead atoms. The number of esters is 1. The molecule has 7 nitrogen and oxygen atoms in total. The first kappa shape index (κ1) is 31.8. The van der Waals surface area contributed by atoms with Crippen molar-refractivity contribution in [1.29, 1.82) is 0 Å². The van der Waals surface area contributed by atoms with Crippen molar-refractivity contribution in [2.24, 2.45) is 11.8 Å². The summed E-state index contributed by atoms with van der Waals surface area (Å²) in [4.78, 5) is 39.9. The van der Waals surface area contributed by atoms with Gasteiger partial charge in [-0.2, -0.15) is 11.8 Å². The van der Waals surface area contributed by atoms with Crippen LogP contribution in [0.3, 0.4) is 0 Å². The third kappa shape index (κ3) is 10.0. The van der Waals surface area contributed by atoms with E-state index in [-0.39, 0.29) is 49.4 Å². The van der Waals surface area contributed by atoms with Gasteiger partial charge in [-0.15, -0.1) is 0 Å². The van der Waals surface area contributed by atoms with Crippen LogP contribution in [0.2, 0.25) is 0 Å². The van der Waals surface area contributed by atoms with Gasteiger partial charge >= 0.3 is 5.97 Å². The minimum Gasteiger partial charge on any atom is -0.463 e. The van der Waals surface area contributed by atoms with Gasteiger partial charge in [0.2, 0.25) is 11.8 Å². The standard InChI is InChI=1S/C34H44N2O5S/c37-25-34(18-10-11-19-34)36-31(38)21-28-16-8-3-9-17-29(20-26-12-4-1-5-13-26)33(40)41-22-30(35-32(28)39)24-42-23-27-14-6-2-7-15-27/h1-8,12-15,28-30,37H,9-11,16-25H2,(H,35,39)(H,36,38)/t28-,29-,30-/m1/s1. The molecule has 0 unspecified atom stereocenters. The number of carbonyl (C=O) groups is 3. The van der Waals surface area contributed by atoms with E-state index < -0.39 is 11.5 Å². The number of hydrogen-bond donors (Lipinski definition) is 3. The van der Waals surface area contributed by atoms with Crippen LogP contribution in [0.25, 0.3) is 0 Å². The fourth-order valence-corrected chi connectivity index (χ4v) is 6.76. The number of cyclic esters (lactones) is 1. The van der Waals surface area contributed by atoms with Crippen molar-refractivity contribution in [3.63, 3.8) is 0 Å². The lowest BCUT2D eigenvalue weighted by atomic mass is 9.94. The summed E-state index contributed by atoms with van der Waals surface area (Å²) < 4.78 is 5.84. The van der Waals surface area contributed by atoms with Crippen molar-refractivity contribution in [3.05, 3.63) is 83.9 Å². The molecule has 1 heterocycles. The molecule has 4 rings (SSSR count). The molecule has 3 N–H and O–H groups in total. The molecule has 2 amide bonds. The van der Waals surface area contributed by atoms with Crippen molar-refractivity contribution < 1.29 is 24.2 Å². The van der Waals surface area contributed by atoms with Crippen LogP contribution in [-0.4, -0.2) is 53.4 Å². The minimum atomic E-state index is -0.578. The zero-order valence-corrected chi connectivity index (χ0v) is 25.2. The van der Waals surface area contributed by atoms with Gasteiger partial charge in [0, 0.05) is 17.9 Å². The highest BCUT2D eigenvalue weighted by molar-refractivity contribution is 7.98. The Kier molecular flexibility index (Phi) is 12.5. The van der Waals surface area contributed by atoms with Gasteiger partial charge in [0.15, 0.2) is 0 Å². The molecule has 1 saturated carbocycles. The lowest BCUT2D eigenvalue weighted by Gasteiger charge is -2.29. The number of amides is 2. The zero-order chi connectivity index (χ0) is 29.6. The van der Waals surface area contributed by atoms with E-state index in [1.165, 1.54) is 5.56 Å². The van der Waals surface area contributed by atoms with Crippen molar-refractivity contribution >= 4 is 29.5 Å². The number of aliphatic hydroxyl groups excluding tert-OH is 1. The highest BCUT2D eigenvalue weighted by atomic mass is 32.2. The summed E-state index contributed by atoms with van der Waals surface area (Å²) in [6, 6.07) is 19.7. The highest BCUT2D eigenvalue weighted by Gasteiger charge is 2.35. The Balaban J connectivity index is 1.45. The summed E-state index contributed by atoms with van der Waals surface area (Å²) in [5.41, 5.74) is 1.69. The Bertz CT molecular complexity index is 1170. The number of thioether (sulfide) groups is 1. The smallest absolute Gasteiger partial charge is 0.309 e. The van der Waals surface area contributed by atoms with Crippen LogP contribution < -0.4 is 10.6 Å². The van der Waals surface area contributed by atoms with Crippen molar-refractivity contribution in [1.82, 2.24) is 10.6 Å². The van der Waals surface area contributed by atoms with Crippen LogP contribution in [0.4, 0.5) is 0 Å². The molecule has 0 spiro atoms. The third-order valence-corrected chi connectivity index (χ3v) is 9.38. The number of benzene rings is 2. The number of ether oxygens (including phenoxy) is 1. The maximum Gasteiger partial charge on any atom is 0.309 e. The third-order valence-electron chi connectivity index (χ3n) is 8.20. The topological polar surface area (TPSA) is 105 Å². The number of rotatable bonds is 10. The van der Waals surface area contributed by atoms with Gasteiger partial charge < -0.3 is 20.5 Å². The number of carbonyl (C=O) groups excluding carboxylic acids is 3. The minimum absolute atomic E-state index is 0.0399. The van der Waals surface area contributed by atoms with Gasteiger partial charge in [0.05, 0.1) is 30.0 Å². The molecule has 226 valence electrons. The summed E-state index contributed by atoms with van der Waals surface area (Å²) in [7, 11) is 0. The predicted molar refractivity (Wildman–Crippen MR) is 167 cm³/mol. The number of nitrogens with one attached hydrogen (secondary N) is 2. The lowest BCUT2D eigenvalue weighted by molar-refractivity contribution is -0.150. The van der Waals surface area contributed by atoms with E-state index in [2.05, 4.69) is 22.8 Å². The summed E-state index contributed by atoms with van der Waals surface area (Å²) >= 11 is 1.67. The molecular formula is C34H44N2O5S. The SMILES string of the molecule is O=C(C[C@H]1CC=CCC[C@H](Cc2ccccc2)C(=O)OC[C@H](CSCc2ccccc2)NC1=O)NC1(CO)CCCC1. The molecular weight excluding hydrogens is 548 g/mol. The maximum absolute atomic E-state index is 13.5. The zero-order valence-electron chi connectivity index (χ0n) is 24.3. The molecule has 42 heavy (non-hydrogen) atoms. The molecule has 2 aromatic rings. The first-order chi connectivity index (χ1) is 20.5. The monoisotopic (exact) mass is 592 g/mol. The van der Waals surface area contributed by atoms with Crippen LogP contribution in [0.5, 0.6) is 0 Å². The normalized spacial score (nSPS) is 23.1. The van der Waals surface area contributed by atoms with Crippen molar-refractivity contribution in [2.75, 3.05) is 19.0 Å². The molecule has 1 aliphatic heterocycles. The van der Waals surface area contributed by atoms with E-state index in [1.807, 2.05) is 60.7 Å². The first-order valence-corrected chi connectivity index (χ1v) is 16.3. The maximum atomic E-state index is 13.5. The number of hydrogen-bond acceptors (Lipinski definition) is 6. The van der Waals surface area contributed by atoms with E-state index in [0.29, 0.717) is 31.4 Å². The Labute approximate surface area is 253 Å². The van der Waals surface area contributed by atoms with E-state index >= 15 is 0 Å². The Hall–Kier alpha value is -3.10. The molecule has 1 aliphatic carbocycles. The van der Waals surface area contributed by atoms with Crippen LogP contribution >= 0.6 is 11.8 Å². The second-order valence-corrected chi connectivity index (χ2v) is 12.6. The van der Waals surface area contributed by atoms with Gasteiger partial charge in [-0.25, -0.2) is 0 Å². The van der Waals surface area contributed by atoms with Crippen LogP contribution in [-0.2, 0) is 31.3 Å². The molecule has 0 radical (unpaired) electrons. The van der Waals surface area contributed by atoms with Crippen LogP contribution in [0, 0.1) is 11.8 Å². The highest BCUT2D eigenvalue weighted by Crippen LogP contribution is 2.29. The van der Waals surface area contributed by atoms with E-state index in [4.69, 9.17) is 4.74 Å². The van der Waals surface area contributed by atoms with Gasteiger partial charge in [-0.05, 0) is 49.7 Å². The summed E-state index contributed by atoms with van der Waals surface area (Å²) in [5.74, 6) is -0.185. The largest absolute Gasteiger partial charge is 0.463 e. The Morgan fingerprint density at radius 3 is 2.36 bits per heavy atom. The number of aliphatic hydroxyl groups is 1. The number of allylic oxidation sites excluding steroid dienone is 2. The lowest BCUT2D eigenvalue weighted by Crippen LogP contribution is -2.50. The van der Waals surface area contributed by atoms with Crippen LogP contribution in [0.15, 0.2) is 72.8 Å². The van der Waals surface area contributed by atoms with Gasteiger partial charge in [-0.3, -0.25) is 14.4 Å². The van der Waals surface area contributed by atoms with E-state index in [9.17, 15) is 19.5 Å². The molecule has 0 aromatic heterocycles. The Morgan fingerprint density at radius 2 is 1.67 bits per heavy atom. The van der Waals surface area contributed by atoms with Crippen molar-refractivity contribution in [2.45, 2.75) is 75.1 Å². The van der Waals surface area contributed by atoms with E-state index in [0.717, 1.165) is 37.0 Å². The quantitative estimate of drug-likeness (QED) is 0.266. The predicted octanol–water partition coefficient (Wildman–Crippen LogP) is 4.97. The summed E-state index contributed by atoms with van der Waals surface area (Å²) in [6.45, 7) is -0.0106. The molecule has 3 atom stereocenters. The first-order valence-electron chi connectivity index (χ1n) is 15.2. The van der Waals surface area contributed by atoms with E-state index in [1.54, 1.807) is 11.8 Å². The molecule has 0 saturated heterocycles.